The van der Waals surface area contributed by atoms with E-state index in [2.05, 4.69) is 26.0 Å². The third kappa shape index (κ3) is 2.94. The Bertz CT molecular complexity index is 308. The van der Waals surface area contributed by atoms with Crippen LogP contribution in [0.5, 0.6) is 0 Å². The number of rotatable bonds is 3. The van der Waals surface area contributed by atoms with Gasteiger partial charge in [0.1, 0.15) is 6.04 Å². The maximum Gasteiger partial charge on any atom is 0.308 e. The molecular formula is C9H13BrN2O4. The second kappa shape index (κ2) is 5.83. The molecule has 1 N–H and O–H groups in total. The minimum atomic E-state index is -0.758. The minimum absolute atomic E-state index is 0.110. The molecule has 1 rings (SSSR count). The summed E-state index contributed by atoms with van der Waals surface area (Å²) in [6.45, 7) is 0.826. The molecule has 1 heterocycles. The number of halogens is 1. The highest BCUT2D eigenvalue weighted by molar-refractivity contribution is 9.09. The average molecular weight is 293 g/mol. The Kier molecular flexibility index (Phi) is 4.72. The second-order valence-electron chi connectivity index (χ2n) is 3.31. The molecule has 0 aromatic carbocycles. The Labute approximate surface area is 101 Å². The molecule has 0 aliphatic carbocycles. The maximum absolute atomic E-state index is 11.5. The molecule has 0 radical (unpaired) electrons. The van der Waals surface area contributed by atoms with Gasteiger partial charge in [-0.15, -0.1) is 0 Å². The van der Waals surface area contributed by atoms with Crippen molar-refractivity contribution < 1.29 is 19.1 Å². The summed E-state index contributed by atoms with van der Waals surface area (Å²) in [4.78, 5) is 35.6. The van der Waals surface area contributed by atoms with E-state index in [-0.39, 0.29) is 23.6 Å². The zero-order chi connectivity index (χ0) is 12.1. The van der Waals surface area contributed by atoms with Gasteiger partial charge >= 0.3 is 5.97 Å². The smallest absolute Gasteiger partial charge is 0.308 e. The third-order valence-corrected chi connectivity index (χ3v) is 2.83. The fraction of sp³-hybridized carbons (Fsp3) is 0.667. The predicted octanol–water partition coefficient (Wildman–Crippen LogP) is -0.729. The van der Waals surface area contributed by atoms with Crippen LogP contribution in [-0.2, 0) is 19.1 Å². The van der Waals surface area contributed by atoms with Gasteiger partial charge in [-0.3, -0.25) is 14.4 Å². The Hall–Kier alpha value is -1.11. The number of ether oxygens (including phenoxy) is 1. The number of piperazine rings is 1. The van der Waals surface area contributed by atoms with Gasteiger partial charge in [-0.2, -0.15) is 0 Å². The van der Waals surface area contributed by atoms with Crippen molar-refractivity contribution in [2.24, 2.45) is 0 Å². The van der Waals surface area contributed by atoms with E-state index in [4.69, 9.17) is 0 Å². The molecule has 16 heavy (non-hydrogen) atoms. The first-order valence-corrected chi connectivity index (χ1v) is 5.92. The van der Waals surface area contributed by atoms with Crippen molar-refractivity contribution in [1.29, 1.82) is 0 Å². The number of methoxy groups -OCH3 is 1. The van der Waals surface area contributed by atoms with Gasteiger partial charge in [0.05, 0.1) is 18.9 Å². The van der Waals surface area contributed by atoms with Crippen LogP contribution in [0.4, 0.5) is 0 Å². The molecule has 90 valence electrons. The molecule has 1 aliphatic heterocycles. The molecule has 6 nitrogen and oxygen atoms in total. The SMILES string of the molecule is COC(=O)CC1C(=O)NCCN1C(=O)CBr. The van der Waals surface area contributed by atoms with Crippen LogP contribution in [0.25, 0.3) is 0 Å². The molecule has 1 unspecified atom stereocenters. The highest BCUT2D eigenvalue weighted by Gasteiger charge is 2.34. The van der Waals surface area contributed by atoms with Gasteiger partial charge < -0.3 is 15.0 Å². The van der Waals surface area contributed by atoms with Crippen LogP contribution in [0, 0.1) is 0 Å². The van der Waals surface area contributed by atoms with Gasteiger partial charge in [-0.05, 0) is 0 Å². The Morgan fingerprint density at radius 2 is 2.31 bits per heavy atom. The summed E-state index contributed by atoms with van der Waals surface area (Å²) in [5.74, 6) is -1.02. The van der Waals surface area contributed by atoms with Crippen molar-refractivity contribution in [2.45, 2.75) is 12.5 Å². The lowest BCUT2D eigenvalue weighted by molar-refractivity contribution is -0.149. The molecule has 2 amide bonds. The van der Waals surface area contributed by atoms with E-state index in [0.717, 1.165) is 0 Å². The number of hydrogen-bond donors (Lipinski definition) is 1. The molecule has 0 aromatic heterocycles. The number of esters is 1. The van der Waals surface area contributed by atoms with Crippen molar-refractivity contribution in [1.82, 2.24) is 10.2 Å². The standard InChI is InChI=1S/C9H13BrN2O4/c1-16-8(14)4-6-9(15)11-2-3-12(6)7(13)5-10/h6H,2-5H2,1H3,(H,11,15). The monoisotopic (exact) mass is 292 g/mol. The van der Waals surface area contributed by atoms with Crippen LogP contribution in [0.1, 0.15) is 6.42 Å². The first-order chi connectivity index (χ1) is 7.60. The number of hydrogen-bond acceptors (Lipinski definition) is 4. The molecule has 1 fully saturated rings. The quantitative estimate of drug-likeness (QED) is 0.550. The molecule has 1 saturated heterocycles. The van der Waals surface area contributed by atoms with Crippen molar-refractivity contribution in [3.63, 3.8) is 0 Å². The highest BCUT2D eigenvalue weighted by Crippen LogP contribution is 2.10. The first kappa shape index (κ1) is 13.0. The largest absolute Gasteiger partial charge is 0.469 e. The zero-order valence-corrected chi connectivity index (χ0v) is 10.4. The molecule has 0 bridgehead atoms. The lowest BCUT2D eigenvalue weighted by atomic mass is 10.1. The van der Waals surface area contributed by atoms with Crippen molar-refractivity contribution >= 4 is 33.7 Å². The van der Waals surface area contributed by atoms with Crippen LogP contribution >= 0.6 is 15.9 Å². The molecule has 1 atom stereocenters. The summed E-state index contributed by atoms with van der Waals surface area (Å²) < 4.78 is 4.49. The van der Waals surface area contributed by atoms with E-state index >= 15 is 0 Å². The van der Waals surface area contributed by atoms with Crippen LogP contribution in [0.15, 0.2) is 0 Å². The molecule has 0 aromatic rings. The zero-order valence-electron chi connectivity index (χ0n) is 8.86. The van der Waals surface area contributed by atoms with Gasteiger partial charge in [0, 0.05) is 13.1 Å². The average Bonchev–Trinajstić information content (AvgIpc) is 2.30. The lowest BCUT2D eigenvalue weighted by Crippen LogP contribution is -2.58. The molecule has 0 spiro atoms. The number of nitrogens with one attached hydrogen (secondary N) is 1. The van der Waals surface area contributed by atoms with Crippen LogP contribution in [0.2, 0.25) is 0 Å². The summed E-state index contributed by atoms with van der Waals surface area (Å²) in [5, 5.41) is 2.75. The van der Waals surface area contributed by atoms with Gasteiger partial charge in [-0.1, -0.05) is 15.9 Å². The normalized spacial score (nSPS) is 20.2. The van der Waals surface area contributed by atoms with E-state index < -0.39 is 12.0 Å². The number of carbonyl (C=O) groups excluding carboxylic acids is 3. The van der Waals surface area contributed by atoms with Gasteiger partial charge in [0.25, 0.3) is 0 Å². The number of alkyl halides is 1. The number of carbonyl (C=O) groups is 3. The molecule has 1 aliphatic rings. The van der Waals surface area contributed by atoms with Gasteiger partial charge in [0.15, 0.2) is 0 Å². The summed E-state index contributed by atoms with van der Waals surface area (Å²) in [7, 11) is 1.25. The van der Waals surface area contributed by atoms with Crippen molar-refractivity contribution in [2.75, 3.05) is 25.5 Å². The minimum Gasteiger partial charge on any atom is -0.469 e. The summed E-state index contributed by atoms with van der Waals surface area (Å²) >= 11 is 3.04. The Balaban J connectivity index is 2.75. The second-order valence-corrected chi connectivity index (χ2v) is 3.87. The fourth-order valence-electron chi connectivity index (χ4n) is 1.53. The first-order valence-electron chi connectivity index (χ1n) is 4.80. The van der Waals surface area contributed by atoms with E-state index in [1.54, 1.807) is 0 Å². The summed E-state index contributed by atoms with van der Waals surface area (Å²) in [6, 6.07) is -0.758. The third-order valence-electron chi connectivity index (χ3n) is 2.35. The van der Waals surface area contributed by atoms with Crippen LogP contribution in [0.3, 0.4) is 0 Å². The van der Waals surface area contributed by atoms with E-state index in [1.807, 2.05) is 0 Å². The van der Waals surface area contributed by atoms with Gasteiger partial charge in [-0.25, -0.2) is 0 Å². The molecule has 0 saturated carbocycles. The Morgan fingerprint density at radius 1 is 1.62 bits per heavy atom. The maximum atomic E-state index is 11.5. The van der Waals surface area contributed by atoms with Crippen molar-refractivity contribution in [3.8, 4) is 0 Å². The van der Waals surface area contributed by atoms with E-state index in [1.165, 1.54) is 12.0 Å². The number of nitrogens with zero attached hydrogens (tertiary/aromatic N) is 1. The van der Waals surface area contributed by atoms with Crippen molar-refractivity contribution in [3.05, 3.63) is 0 Å². The molecule has 7 heteroatoms. The Morgan fingerprint density at radius 3 is 2.88 bits per heavy atom. The topological polar surface area (TPSA) is 75.7 Å². The van der Waals surface area contributed by atoms with E-state index in [9.17, 15) is 14.4 Å². The lowest BCUT2D eigenvalue weighted by Gasteiger charge is -2.34. The number of amides is 2. The highest BCUT2D eigenvalue weighted by atomic mass is 79.9. The fourth-order valence-corrected chi connectivity index (χ4v) is 1.86. The van der Waals surface area contributed by atoms with Crippen LogP contribution < -0.4 is 5.32 Å². The van der Waals surface area contributed by atoms with Crippen LogP contribution in [-0.4, -0.2) is 54.3 Å². The summed E-state index contributed by atoms with van der Waals surface area (Å²) in [5.41, 5.74) is 0. The van der Waals surface area contributed by atoms with E-state index in [0.29, 0.717) is 13.1 Å². The molecular weight excluding hydrogens is 280 g/mol. The summed E-state index contributed by atoms with van der Waals surface area (Å²) in [6.07, 6.45) is -0.110. The van der Waals surface area contributed by atoms with Gasteiger partial charge in [0.2, 0.25) is 11.8 Å². The predicted molar refractivity (Wildman–Crippen MR) is 58.9 cm³/mol.